The molecule has 3 rings (SSSR count). The monoisotopic (exact) mass is 300 g/mol. The van der Waals surface area contributed by atoms with Crippen LogP contribution in [0.15, 0.2) is 36.5 Å². The zero-order chi connectivity index (χ0) is 15.5. The van der Waals surface area contributed by atoms with Crippen LogP contribution in [0.2, 0.25) is 0 Å². The fourth-order valence-electron chi connectivity index (χ4n) is 3.15. The normalized spacial score (nSPS) is 22.4. The molecule has 0 amide bonds. The Labute approximate surface area is 131 Å². The first kappa shape index (κ1) is 15.2. The van der Waals surface area contributed by atoms with Gasteiger partial charge in [-0.1, -0.05) is 23.4 Å². The molecule has 22 heavy (non-hydrogen) atoms. The summed E-state index contributed by atoms with van der Waals surface area (Å²) < 4.78 is 1.82. The van der Waals surface area contributed by atoms with Crippen LogP contribution in [-0.4, -0.2) is 44.2 Å². The molecule has 2 heterocycles. The first-order valence-electron chi connectivity index (χ1n) is 8.05. The summed E-state index contributed by atoms with van der Waals surface area (Å²) in [7, 11) is 0. The summed E-state index contributed by atoms with van der Waals surface area (Å²) in [5.41, 5.74) is 2.00. The summed E-state index contributed by atoms with van der Waals surface area (Å²) in [6, 6.07) is 10.3. The van der Waals surface area contributed by atoms with E-state index in [0.717, 1.165) is 37.3 Å². The lowest BCUT2D eigenvalue weighted by atomic mass is 9.92. The number of piperidine rings is 1. The molecular formula is C17H24N4O. The minimum atomic E-state index is -0.241. The van der Waals surface area contributed by atoms with E-state index in [-0.39, 0.29) is 12.1 Å². The first-order valence-corrected chi connectivity index (χ1v) is 8.05. The van der Waals surface area contributed by atoms with Gasteiger partial charge < -0.3 is 5.11 Å². The molecule has 1 fully saturated rings. The highest BCUT2D eigenvalue weighted by Gasteiger charge is 2.28. The van der Waals surface area contributed by atoms with Crippen LogP contribution in [0.3, 0.4) is 0 Å². The second-order valence-electron chi connectivity index (χ2n) is 6.24. The quantitative estimate of drug-likeness (QED) is 0.942. The number of hydrogen-bond donors (Lipinski definition) is 1. The van der Waals surface area contributed by atoms with Gasteiger partial charge in [-0.25, -0.2) is 4.68 Å². The maximum absolute atomic E-state index is 9.84. The van der Waals surface area contributed by atoms with E-state index in [2.05, 4.69) is 22.1 Å². The van der Waals surface area contributed by atoms with Gasteiger partial charge in [-0.15, -0.1) is 5.10 Å². The van der Waals surface area contributed by atoms with Gasteiger partial charge in [-0.3, -0.25) is 4.90 Å². The fourth-order valence-corrected chi connectivity index (χ4v) is 3.15. The Hall–Kier alpha value is -1.72. The summed E-state index contributed by atoms with van der Waals surface area (Å²) in [4.78, 5) is 2.40. The fraction of sp³-hybridized carbons (Fsp3) is 0.529. The van der Waals surface area contributed by atoms with Gasteiger partial charge >= 0.3 is 0 Å². The van der Waals surface area contributed by atoms with Crippen molar-refractivity contribution in [3.05, 3.63) is 42.2 Å². The number of aliphatic hydroxyl groups is 1. The molecule has 3 atom stereocenters. The standard InChI is InChI=1S/C17H24N4O/c1-13(20-10-6-7-15(11-20)14(2)22)17-12-21(19-18-17)16-8-4-3-5-9-16/h3-5,8-9,12-15,22H,6-7,10-11H2,1-2H3. The van der Waals surface area contributed by atoms with Gasteiger partial charge in [-0.05, 0) is 51.3 Å². The molecule has 118 valence electrons. The third-order valence-corrected chi connectivity index (χ3v) is 4.68. The van der Waals surface area contributed by atoms with Gasteiger partial charge in [0, 0.05) is 6.54 Å². The molecule has 0 saturated carbocycles. The van der Waals surface area contributed by atoms with Gasteiger partial charge in [0.1, 0.15) is 0 Å². The number of aromatic nitrogens is 3. The van der Waals surface area contributed by atoms with Crippen LogP contribution in [0.4, 0.5) is 0 Å². The van der Waals surface area contributed by atoms with Crippen LogP contribution < -0.4 is 0 Å². The highest BCUT2D eigenvalue weighted by Crippen LogP contribution is 2.27. The number of likely N-dealkylation sites (tertiary alicyclic amines) is 1. The molecule has 0 radical (unpaired) electrons. The van der Waals surface area contributed by atoms with Crippen LogP contribution in [0.1, 0.15) is 38.4 Å². The van der Waals surface area contributed by atoms with E-state index < -0.39 is 0 Å². The second-order valence-corrected chi connectivity index (χ2v) is 6.24. The Balaban J connectivity index is 1.73. The lowest BCUT2D eigenvalue weighted by molar-refractivity contribution is 0.0463. The minimum absolute atomic E-state index is 0.221. The Morgan fingerprint density at radius 2 is 2.00 bits per heavy atom. The second kappa shape index (κ2) is 6.58. The Morgan fingerprint density at radius 1 is 1.23 bits per heavy atom. The van der Waals surface area contributed by atoms with E-state index in [1.807, 2.05) is 48.1 Å². The van der Waals surface area contributed by atoms with E-state index in [1.165, 1.54) is 0 Å². The SMILES string of the molecule is CC(O)C1CCCN(C(C)c2cn(-c3ccccc3)nn2)C1. The molecular weight excluding hydrogens is 276 g/mol. The molecule has 2 aromatic rings. The van der Waals surface area contributed by atoms with Crippen molar-refractivity contribution >= 4 is 0 Å². The molecule has 1 aromatic heterocycles. The van der Waals surface area contributed by atoms with Gasteiger partial charge in [0.15, 0.2) is 0 Å². The number of nitrogens with zero attached hydrogens (tertiary/aromatic N) is 4. The molecule has 3 unspecified atom stereocenters. The number of benzene rings is 1. The number of rotatable bonds is 4. The number of hydrogen-bond acceptors (Lipinski definition) is 4. The van der Waals surface area contributed by atoms with E-state index in [9.17, 15) is 5.11 Å². The lowest BCUT2D eigenvalue weighted by Gasteiger charge is -2.37. The molecule has 1 aliphatic rings. The Bertz CT molecular complexity index is 596. The number of para-hydroxylation sites is 1. The van der Waals surface area contributed by atoms with Crippen molar-refractivity contribution in [3.8, 4) is 5.69 Å². The summed E-state index contributed by atoms with van der Waals surface area (Å²) in [6.45, 7) is 6.05. The van der Waals surface area contributed by atoms with E-state index >= 15 is 0 Å². The van der Waals surface area contributed by atoms with Crippen molar-refractivity contribution in [2.75, 3.05) is 13.1 Å². The predicted molar refractivity (Wildman–Crippen MR) is 85.8 cm³/mol. The summed E-state index contributed by atoms with van der Waals surface area (Å²) in [5, 5.41) is 18.4. The molecule has 1 saturated heterocycles. The van der Waals surface area contributed by atoms with E-state index in [0.29, 0.717) is 5.92 Å². The van der Waals surface area contributed by atoms with Crippen LogP contribution in [-0.2, 0) is 0 Å². The maximum Gasteiger partial charge on any atom is 0.1000 e. The largest absolute Gasteiger partial charge is 0.393 e. The van der Waals surface area contributed by atoms with E-state index in [4.69, 9.17) is 0 Å². The van der Waals surface area contributed by atoms with Crippen molar-refractivity contribution in [2.24, 2.45) is 5.92 Å². The third kappa shape index (κ3) is 3.20. The molecule has 1 aromatic carbocycles. The zero-order valence-corrected chi connectivity index (χ0v) is 13.3. The zero-order valence-electron chi connectivity index (χ0n) is 13.3. The topological polar surface area (TPSA) is 54.2 Å². The molecule has 5 heteroatoms. The summed E-state index contributed by atoms with van der Waals surface area (Å²) >= 11 is 0. The van der Waals surface area contributed by atoms with Crippen molar-refractivity contribution in [3.63, 3.8) is 0 Å². The Morgan fingerprint density at radius 3 is 2.73 bits per heavy atom. The van der Waals surface area contributed by atoms with Crippen LogP contribution in [0, 0.1) is 5.92 Å². The molecule has 0 bridgehead atoms. The molecule has 1 aliphatic heterocycles. The average Bonchev–Trinajstić information content (AvgIpc) is 3.05. The molecule has 0 aliphatic carbocycles. The van der Waals surface area contributed by atoms with Crippen LogP contribution >= 0.6 is 0 Å². The van der Waals surface area contributed by atoms with Gasteiger partial charge in [0.25, 0.3) is 0 Å². The third-order valence-electron chi connectivity index (χ3n) is 4.68. The van der Waals surface area contributed by atoms with Crippen molar-refractivity contribution < 1.29 is 5.11 Å². The maximum atomic E-state index is 9.84. The van der Waals surface area contributed by atoms with Gasteiger partial charge in [0.2, 0.25) is 0 Å². The summed E-state index contributed by atoms with van der Waals surface area (Å²) in [5.74, 6) is 0.361. The minimum Gasteiger partial charge on any atom is -0.393 e. The van der Waals surface area contributed by atoms with Gasteiger partial charge in [-0.2, -0.15) is 0 Å². The highest BCUT2D eigenvalue weighted by atomic mass is 16.3. The molecule has 5 nitrogen and oxygen atoms in total. The van der Waals surface area contributed by atoms with Gasteiger partial charge in [0.05, 0.1) is 29.7 Å². The Kier molecular flexibility index (Phi) is 4.55. The van der Waals surface area contributed by atoms with Crippen molar-refractivity contribution in [1.29, 1.82) is 0 Å². The average molecular weight is 300 g/mol. The molecule has 0 spiro atoms. The highest BCUT2D eigenvalue weighted by molar-refractivity contribution is 5.30. The number of aliphatic hydroxyl groups excluding tert-OH is 1. The smallest absolute Gasteiger partial charge is 0.1000 e. The molecule has 1 N–H and O–H groups in total. The predicted octanol–water partition coefficient (Wildman–Crippen LogP) is 2.42. The lowest BCUT2D eigenvalue weighted by Crippen LogP contribution is -2.40. The van der Waals surface area contributed by atoms with E-state index in [1.54, 1.807) is 0 Å². The summed E-state index contributed by atoms with van der Waals surface area (Å²) in [6.07, 6.45) is 4.01. The van der Waals surface area contributed by atoms with Crippen LogP contribution in [0.5, 0.6) is 0 Å². The van der Waals surface area contributed by atoms with Crippen molar-refractivity contribution in [1.82, 2.24) is 19.9 Å². The van der Waals surface area contributed by atoms with Crippen molar-refractivity contribution in [2.45, 2.75) is 38.8 Å². The first-order chi connectivity index (χ1) is 10.6. The van der Waals surface area contributed by atoms with Crippen LogP contribution in [0.25, 0.3) is 5.69 Å².